The molecular formula is C21H24N2O8S. The van der Waals surface area contributed by atoms with E-state index in [0.717, 1.165) is 10.6 Å². The van der Waals surface area contributed by atoms with Crippen molar-refractivity contribution in [2.75, 3.05) is 37.2 Å². The summed E-state index contributed by atoms with van der Waals surface area (Å²) in [5.41, 5.74) is 0.366. The van der Waals surface area contributed by atoms with Crippen molar-refractivity contribution < 1.29 is 37.0 Å². The number of esters is 2. The summed E-state index contributed by atoms with van der Waals surface area (Å²) in [6.45, 7) is 1.41. The average Bonchev–Trinajstić information content (AvgIpc) is 2.77. The number of nitrogens with zero attached hydrogens (tertiary/aromatic N) is 1. The Bertz CT molecular complexity index is 1080. The first kappa shape index (κ1) is 24.7. The van der Waals surface area contributed by atoms with Gasteiger partial charge in [0.25, 0.3) is 0 Å². The third-order valence-electron chi connectivity index (χ3n) is 4.46. The van der Waals surface area contributed by atoms with Crippen molar-refractivity contribution in [3.63, 3.8) is 0 Å². The highest BCUT2D eigenvalue weighted by atomic mass is 32.2. The standard InChI is InChI=1S/C21H24N2O8S/c1-13(23(32(5,27)28)17-6-8-18(29-2)9-7-17)19(24)22-16-11-14(20(25)30-3)10-15(12-16)21(26)31-4/h6-13H,1-5H3,(H,22,24)/t13-/m0/s1. The number of carbonyl (C=O) groups excluding carboxylic acids is 3. The first-order valence-electron chi connectivity index (χ1n) is 9.27. The minimum Gasteiger partial charge on any atom is -0.497 e. The summed E-state index contributed by atoms with van der Waals surface area (Å²) in [7, 11) is -0.0192. The van der Waals surface area contributed by atoms with Crippen LogP contribution in [0.25, 0.3) is 0 Å². The van der Waals surface area contributed by atoms with Gasteiger partial charge in [-0.3, -0.25) is 9.10 Å². The molecule has 0 bridgehead atoms. The third-order valence-corrected chi connectivity index (χ3v) is 5.70. The van der Waals surface area contributed by atoms with Crippen LogP contribution in [0, 0.1) is 0 Å². The lowest BCUT2D eigenvalue weighted by atomic mass is 10.1. The van der Waals surface area contributed by atoms with E-state index in [1.54, 1.807) is 12.1 Å². The lowest BCUT2D eigenvalue weighted by Crippen LogP contribution is -2.45. The van der Waals surface area contributed by atoms with E-state index in [1.807, 2.05) is 0 Å². The highest BCUT2D eigenvalue weighted by molar-refractivity contribution is 7.92. The van der Waals surface area contributed by atoms with E-state index in [2.05, 4.69) is 14.8 Å². The Balaban J connectivity index is 2.40. The van der Waals surface area contributed by atoms with Gasteiger partial charge in [0.15, 0.2) is 0 Å². The van der Waals surface area contributed by atoms with E-state index >= 15 is 0 Å². The fourth-order valence-corrected chi connectivity index (χ4v) is 4.13. The van der Waals surface area contributed by atoms with Gasteiger partial charge in [-0.05, 0) is 49.4 Å². The number of hydrogen-bond donors (Lipinski definition) is 1. The quantitative estimate of drug-likeness (QED) is 0.588. The van der Waals surface area contributed by atoms with E-state index in [-0.39, 0.29) is 22.5 Å². The summed E-state index contributed by atoms with van der Waals surface area (Å²) in [4.78, 5) is 36.8. The first-order valence-corrected chi connectivity index (χ1v) is 11.1. The van der Waals surface area contributed by atoms with Gasteiger partial charge in [0.1, 0.15) is 11.8 Å². The van der Waals surface area contributed by atoms with Crippen LogP contribution in [0.4, 0.5) is 11.4 Å². The molecule has 0 unspecified atom stereocenters. The van der Waals surface area contributed by atoms with Crippen LogP contribution in [-0.4, -0.2) is 59.9 Å². The van der Waals surface area contributed by atoms with Gasteiger partial charge in [0, 0.05) is 5.69 Å². The van der Waals surface area contributed by atoms with Crippen LogP contribution in [0.2, 0.25) is 0 Å². The highest BCUT2D eigenvalue weighted by Gasteiger charge is 2.29. The Hall–Kier alpha value is -3.60. The minimum atomic E-state index is -3.84. The second-order valence-electron chi connectivity index (χ2n) is 6.70. The first-order chi connectivity index (χ1) is 15.0. The van der Waals surface area contributed by atoms with Gasteiger partial charge < -0.3 is 19.5 Å². The van der Waals surface area contributed by atoms with Crippen molar-refractivity contribution >= 4 is 39.2 Å². The molecule has 1 amide bonds. The Morgan fingerprint density at radius 3 is 1.81 bits per heavy atom. The number of sulfonamides is 1. The van der Waals surface area contributed by atoms with E-state index < -0.39 is 33.9 Å². The maximum Gasteiger partial charge on any atom is 0.337 e. The number of nitrogens with one attached hydrogen (secondary N) is 1. The monoisotopic (exact) mass is 464 g/mol. The smallest absolute Gasteiger partial charge is 0.337 e. The molecule has 0 fully saturated rings. The number of carbonyl (C=O) groups is 3. The number of benzene rings is 2. The molecule has 32 heavy (non-hydrogen) atoms. The average molecular weight is 464 g/mol. The van der Waals surface area contributed by atoms with Gasteiger partial charge in [0.05, 0.1) is 44.4 Å². The number of ether oxygens (including phenoxy) is 3. The molecule has 2 aromatic carbocycles. The summed E-state index contributed by atoms with van der Waals surface area (Å²) in [6.07, 6.45) is 0.980. The van der Waals surface area contributed by atoms with Crippen LogP contribution in [0.5, 0.6) is 5.75 Å². The zero-order valence-corrected chi connectivity index (χ0v) is 19.1. The summed E-state index contributed by atoms with van der Waals surface area (Å²) >= 11 is 0. The molecule has 0 radical (unpaired) electrons. The molecular weight excluding hydrogens is 440 g/mol. The number of methoxy groups -OCH3 is 3. The molecule has 2 aromatic rings. The molecule has 0 aliphatic heterocycles. The zero-order chi connectivity index (χ0) is 24.1. The second kappa shape index (κ2) is 10.1. The van der Waals surface area contributed by atoms with E-state index in [9.17, 15) is 22.8 Å². The summed E-state index contributed by atoms with van der Waals surface area (Å²) in [5.74, 6) is -1.62. The van der Waals surface area contributed by atoms with Gasteiger partial charge in [0.2, 0.25) is 15.9 Å². The van der Waals surface area contributed by atoms with E-state index in [1.165, 1.54) is 58.6 Å². The fourth-order valence-electron chi connectivity index (χ4n) is 2.96. The second-order valence-corrected chi connectivity index (χ2v) is 8.56. The molecule has 11 heteroatoms. The predicted octanol–water partition coefficient (Wildman–Crippen LogP) is 2.06. The Labute approximate surface area is 186 Å². The minimum absolute atomic E-state index is 0.00785. The van der Waals surface area contributed by atoms with Gasteiger partial charge in [-0.2, -0.15) is 0 Å². The number of amides is 1. The molecule has 0 aromatic heterocycles. The van der Waals surface area contributed by atoms with Crippen LogP contribution >= 0.6 is 0 Å². The predicted molar refractivity (Wildman–Crippen MR) is 118 cm³/mol. The molecule has 0 heterocycles. The van der Waals surface area contributed by atoms with Crippen LogP contribution in [0.1, 0.15) is 27.6 Å². The molecule has 0 aliphatic carbocycles. The van der Waals surface area contributed by atoms with Crippen molar-refractivity contribution in [2.24, 2.45) is 0 Å². The molecule has 1 atom stereocenters. The molecule has 2 rings (SSSR count). The van der Waals surface area contributed by atoms with Gasteiger partial charge >= 0.3 is 11.9 Å². The Morgan fingerprint density at radius 2 is 1.41 bits per heavy atom. The largest absolute Gasteiger partial charge is 0.497 e. The highest BCUT2D eigenvalue weighted by Crippen LogP contribution is 2.25. The molecule has 10 nitrogen and oxygen atoms in total. The normalized spacial score (nSPS) is 11.8. The molecule has 1 N–H and O–H groups in total. The van der Waals surface area contributed by atoms with Crippen molar-refractivity contribution in [3.05, 3.63) is 53.6 Å². The number of hydrogen-bond acceptors (Lipinski definition) is 8. The van der Waals surface area contributed by atoms with Crippen LogP contribution in [0.3, 0.4) is 0 Å². The number of anilines is 2. The lowest BCUT2D eigenvalue weighted by molar-refractivity contribution is -0.116. The SMILES string of the molecule is COC(=O)c1cc(NC(=O)[C@H](C)N(c2ccc(OC)cc2)S(C)(=O)=O)cc(C(=O)OC)c1. The molecule has 0 aliphatic rings. The maximum atomic E-state index is 12.9. The van der Waals surface area contributed by atoms with Crippen LogP contribution in [-0.2, 0) is 24.3 Å². The van der Waals surface area contributed by atoms with Crippen LogP contribution < -0.4 is 14.4 Å². The van der Waals surface area contributed by atoms with Crippen molar-refractivity contribution in [1.29, 1.82) is 0 Å². The lowest BCUT2D eigenvalue weighted by Gasteiger charge is -2.28. The number of rotatable bonds is 8. The molecule has 0 saturated heterocycles. The topological polar surface area (TPSA) is 128 Å². The molecule has 0 spiro atoms. The van der Waals surface area contributed by atoms with Crippen LogP contribution in [0.15, 0.2) is 42.5 Å². The van der Waals surface area contributed by atoms with E-state index in [0.29, 0.717) is 5.75 Å². The van der Waals surface area contributed by atoms with Crippen molar-refractivity contribution in [2.45, 2.75) is 13.0 Å². The molecule has 172 valence electrons. The maximum absolute atomic E-state index is 12.9. The summed E-state index contributed by atoms with van der Waals surface area (Å²) in [5, 5.41) is 2.54. The van der Waals surface area contributed by atoms with Crippen molar-refractivity contribution in [3.8, 4) is 5.75 Å². The summed E-state index contributed by atoms with van der Waals surface area (Å²) in [6, 6.07) is 8.87. The van der Waals surface area contributed by atoms with Gasteiger partial charge in [-0.25, -0.2) is 18.0 Å². The van der Waals surface area contributed by atoms with Gasteiger partial charge in [-0.1, -0.05) is 0 Å². The zero-order valence-electron chi connectivity index (χ0n) is 18.2. The van der Waals surface area contributed by atoms with Crippen molar-refractivity contribution in [1.82, 2.24) is 0 Å². The Morgan fingerprint density at radius 1 is 0.906 bits per heavy atom. The van der Waals surface area contributed by atoms with E-state index in [4.69, 9.17) is 4.74 Å². The Kier molecular flexibility index (Phi) is 7.82. The third kappa shape index (κ3) is 5.76. The summed E-state index contributed by atoms with van der Waals surface area (Å²) < 4.78 is 40.3. The fraction of sp³-hybridized carbons (Fsp3) is 0.286. The van der Waals surface area contributed by atoms with Gasteiger partial charge in [-0.15, -0.1) is 0 Å². The molecule has 0 saturated carbocycles.